The van der Waals surface area contributed by atoms with Crippen LogP contribution in [0.5, 0.6) is 5.75 Å². The van der Waals surface area contributed by atoms with E-state index in [0.29, 0.717) is 24.3 Å². The Morgan fingerprint density at radius 1 is 1.04 bits per heavy atom. The molecule has 0 unspecified atom stereocenters. The molecule has 0 radical (unpaired) electrons. The van der Waals surface area contributed by atoms with Crippen LogP contribution < -0.4 is 10.1 Å². The van der Waals surface area contributed by atoms with Gasteiger partial charge in [0, 0.05) is 17.7 Å². The topological polar surface area (TPSA) is 75.6 Å². The van der Waals surface area contributed by atoms with Crippen LogP contribution in [0.15, 0.2) is 48.5 Å². The smallest absolute Gasteiger partial charge is 0.303 e. The highest BCUT2D eigenvalue weighted by Gasteiger charge is 2.06. The number of carbonyl (C=O) groups excluding carboxylic acids is 1. The van der Waals surface area contributed by atoms with Crippen LogP contribution in [0.1, 0.15) is 28.8 Å². The fourth-order valence-electron chi connectivity index (χ4n) is 1.96. The van der Waals surface area contributed by atoms with E-state index in [4.69, 9.17) is 9.84 Å². The summed E-state index contributed by atoms with van der Waals surface area (Å²) < 4.78 is 5.43. The zero-order chi connectivity index (χ0) is 16.7. The summed E-state index contributed by atoms with van der Waals surface area (Å²) in [5.41, 5.74) is 2.41. The molecule has 0 saturated carbocycles. The van der Waals surface area contributed by atoms with E-state index in [1.54, 1.807) is 24.3 Å². The molecule has 0 aromatic heterocycles. The Kier molecular flexibility index (Phi) is 5.74. The van der Waals surface area contributed by atoms with Gasteiger partial charge in [0.25, 0.3) is 5.91 Å². The minimum Gasteiger partial charge on any atom is -0.494 e. The molecule has 2 rings (SSSR count). The number of anilines is 1. The number of rotatable bonds is 7. The lowest BCUT2D eigenvalue weighted by molar-refractivity contribution is -0.137. The predicted molar refractivity (Wildman–Crippen MR) is 87.9 cm³/mol. The third-order valence-electron chi connectivity index (χ3n) is 3.23. The molecule has 120 valence electrons. The van der Waals surface area contributed by atoms with Crippen LogP contribution in [0.2, 0.25) is 0 Å². The van der Waals surface area contributed by atoms with Crippen molar-refractivity contribution in [1.82, 2.24) is 0 Å². The van der Waals surface area contributed by atoms with Crippen molar-refractivity contribution in [3.8, 4) is 5.75 Å². The van der Waals surface area contributed by atoms with Gasteiger partial charge in [0.15, 0.2) is 0 Å². The zero-order valence-corrected chi connectivity index (χ0v) is 12.9. The molecule has 0 spiro atoms. The molecule has 2 aromatic carbocycles. The second-order valence-corrected chi connectivity index (χ2v) is 5.19. The Hall–Kier alpha value is -2.82. The number of aliphatic carboxylic acids is 1. The van der Waals surface area contributed by atoms with Crippen LogP contribution in [0.25, 0.3) is 0 Å². The molecule has 0 bridgehead atoms. The molecule has 0 aliphatic rings. The van der Waals surface area contributed by atoms with Crippen molar-refractivity contribution < 1.29 is 19.4 Å². The Balaban J connectivity index is 1.87. The van der Waals surface area contributed by atoms with Gasteiger partial charge >= 0.3 is 5.97 Å². The molecule has 2 N–H and O–H groups in total. The van der Waals surface area contributed by atoms with Gasteiger partial charge in [0.2, 0.25) is 0 Å². The zero-order valence-electron chi connectivity index (χ0n) is 12.9. The summed E-state index contributed by atoms with van der Waals surface area (Å²) in [6.45, 7) is 2.32. The number of carboxylic acids is 1. The van der Waals surface area contributed by atoms with Crippen molar-refractivity contribution >= 4 is 17.6 Å². The normalized spacial score (nSPS) is 10.1. The van der Waals surface area contributed by atoms with Gasteiger partial charge in [-0.2, -0.15) is 0 Å². The van der Waals surface area contributed by atoms with Crippen LogP contribution in [0.4, 0.5) is 5.69 Å². The van der Waals surface area contributed by atoms with E-state index in [9.17, 15) is 9.59 Å². The standard InChI is InChI=1S/C18H19NO4/c1-13-4-8-15(9-5-13)19-18(22)14-6-10-16(11-7-14)23-12-2-3-17(20)21/h4-11H,2-3,12H2,1H3,(H,19,22)(H,20,21). The van der Waals surface area contributed by atoms with Gasteiger partial charge in [-0.1, -0.05) is 17.7 Å². The third-order valence-corrected chi connectivity index (χ3v) is 3.23. The molecule has 0 saturated heterocycles. The van der Waals surface area contributed by atoms with E-state index in [-0.39, 0.29) is 12.3 Å². The first-order valence-corrected chi connectivity index (χ1v) is 7.37. The summed E-state index contributed by atoms with van der Waals surface area (Å²) in [6, 6.07) is 14.3. The third kappa shape index (κ3) is 5.47. The first-order valence-electron chi connectivity index (χ1n) is 7.37. The number of amides is 1. The molecule has 0 atom stereocenters. The Labute approximate surface area is 134 Å². The van der Waals surface area contributed by atoms with Gasteiger partial charge in [-0.05, 0) is 49.7 Å². The largest absolute Gasteiger partial charge is 0.494 e. The number of ether oxygens (including phenoxy) is 1. The van der Waals surface area contributed by atoms with E-state index in [2.05, 4.69) is 5.32 Å². The highest BCUT2D eigenvalue weighted by Crippen LogP contribution is 2.15. The van der Waals surface area contributed by atoms with Gasteiger partial charge < -0.3 is 15.2 Å². The van der Waals surface area contributed by atoms with Gasteiger partial charge in [0.05, 0.1) is 6.61 Å². The van der Waals surface area contributed by atoms with Crippen molar-refractivity contribution in [2.45, 2.75) is 19.8 Å². The lowest BCUT2D eigenvalue weighted by Gasteiger charge is -2.08. The second kappa shape index (κ2) is 7.98. The molecule has 0 aliphatic carbocycles. The Bertz CT molecular complexity index is 662. The molecule has 0 aliphatic heterocycles. The fraction of sp³-hybridized carbons (Fsp3) is 0.222. The number of aryl methyl sites for hydroxylation is 1. The van der Waals surface area contributed by atoms with Crippen molar-refractivity contribution in [2.24, 2.45) is 0 Å². The minimum absolute atomic E-state index is 0.0804. The summed E-state index contributed by atoms with van der Waals surface area (Å²) in [5.74, 6) is -0.412. The fourth-order valence-corrected chi connectivity index (χ4v) is 1.96. The first-order chi connectivity index (χ1) is 11.0. The summed E-state index contributed by atoms with van der Waals surface area (Å²) in [7, 11) is 0. The summed E-state index contributed by atoms with van der Waals surface area (Å²) in [6.07, 6.45) is 0.530. The number of hydrogen-bond acceptors (Lipinski definition) is 3. The van der Waals surface area contributed by atoms with E-state index in [1.807, 2.05) is 31.2 Å². The van der Waals surface area contributed by atoms with Gasteiger partial charge in [-0.3, -0.25) is 9.59 Å². The number of carbonyl (C=O) groups is 2. The average Bonchev–Trinajstić information content (AvgIpc) is 2.54. The highest BCUT2D eigenvalue weighted by molar-refractivity contribution is 6.04. The van der Waals surface area contributed by atoms with Crippen molar-refractivity contribution in [1.29, 1.82) is 0 Å². The summed E-state index contributed by atoms with van der Waals surface area (Å²) >= 11 is 0. The molecule has 23 heavy (non-hydrogen) atoms. The van der Waals surface area contributed by atoms with E-state index in [1.165, 1.54) is 0 Å². The monoisotopic (exact) mass is 313 g/mol. The number of carboxylic acid groups (broad SMARTS) is 1. The number of hydrogen-bond donors (Lipinski definition) is 2. The lowest BCUT2D eigenvalue weighted by Crippen LogP contribution is -2.11. The molecule has 5 nitrogen and oxygen atoms in total. The number of nitrogens with one attached hydrogen (secondary N) is 1. The maximum atomic E-state index is 12.1. The molecule has 2 aromatic rings. The molecule has 0 fully saturated rings. The highest BCUT2D eigenvalue weighted by atomic mass is 16.5. The quantitative estimate of drug-likeness (QED) is 0.767. The Morgan fingerprint density at radius 3 is 2.30 bits per heavy atom. The van der Waals surface area contributed by atoms with E-state index < -0.39 is 5.97 Å². The first kappa shape index (κ1) is 16.5. The van der Waals surface area contributed by atoms with E-state index >= 15 is 0 Å². The average molecular weight is 313 g/mol. The Morgan fingerprint density at radius 2 is 1.70 bits per heavy atom. The lowest BCUT2D eigenvalue weighted by atomic mass is 10.2. The van der Waals surface area contributed by atoms with Gasteiger partial charge in [0.1, 0.15) is 5.75 Å². The minimum atomic E-state index is -0.836. The van der Waals surface area contributed by atoms with Crippen LogP contribution in [-0.2, 0) is 4.79 Å². The van der Waals surface area contributed by atoms with Crippen LogP contribution >= 0.6 is 0 Å². The van der Waals surface area contributed by atoms with Crippen molar-refractivity contribution in [3.63, 3.8) is 0 Å². The molecule has 5 heteroatoms. The summed E-state index contributed by atoms with van der Waals surface area (Å²) in [4.78, 5) is 22.5. The molecule has 1 amide bonds. The van der Waals surface area contributed by atoms with Crippen molar-refractivity contribution in [2.75, 3.05) is 11.9 Å². The second-order valence-electron chi connectivity index (χ2n) is 5.19. The maximum Gasteiger partial charge on any atom is 0.303 e. The SMILES string of the molecule is Cc1ccc(NC(=O)c2ccc(OCCCC(=O)O)cc2)cc1. The van der Waals surface area contributed by atoms with Gasteiger partial charge in [-0.25, -0.2) is 0 Å². The predicted octanol–water partition coefficient (Wildman–Crippen LogP) is 3.49. The van der Waals surface area contributed by atoms with Crippen LogP contribution in [0, 0.1) is 6.92 Å². The summed E-state index contributed by atoms with van der Waals surface area (Å²) in [5, 5.41) is 11.4. The maximum absolute atomic E-state index is 12.1. The van der Waals surface area contributed by atoms with Gasteiger partial charge in [-0.15, -0.1) is 0 Å². The molecule has 0 heterocycles. The number of benzene rings is 2. The van der Waals surface area contributed by atoms with Crippen LogP contribution in [-0.4, -0.2) is 23.6 Å². The van der Waals surface area contributed by atoms with Crippen molar-refractivity contribution in [3.05, 3.63) is 59.7 Å². The molecular weight excluding hydrogens is 294 g/mol. The van der Waals surface area contributed by atoms with E-state index in [0.717, 1.165) is 11.3 Å². The molecular formula is C18H19NO4. The van der Waals surface area contributed by atoms with Crippen LogP contribution in [0.3, 0.4) is 0 Å².